The Morgan fingerprint density at radius 3 is 2.14 bits per heavy atom. The van der Waals surface area contributed by atoms with Crippen LogP contribution in [0.1, 0.15) is 25.1 Å². The standard InChI is InChI=1S/C31H24ClN5/c1-31(2)18-27-24(29-26(31)19-33-36(29)22-9-5-3-6-10-22)17-25-28(20-13-15-21(32)16-14-20)35-37(30(25)34-27)23-11-7-4-8-12-23/h3-17,19H,18H2,1-2H3. The van der Waals surface area contributed by atoms with Crippen molar-refractivity contribution in [1.29, 1.82) is 0 Å². The zero-order valence-electron chi connectivity index (χ0n) is 20.6. The summed E-state index contributed by atoms with van der Waals surface area (Å²) in [5.41, 5.74) is 9.12. The Morgan fingerprint density at radius 2 is 1.46 bits per heavy atom. The Morgan fingerprint density at radius 1 is 0.811 bits per heavy atom. The molecule has 0 aliphatic heterocycles. The Labute approximate surface area is 220 Å². The smallest absolute Gasteiger partial charge is 0.163 e. The first-order valence-electron chi connectivity index (χ1n) is 12.4. The van der Waals surface area contributed by atoms with E-state index in [0.29, 0.717) is 5.02 Å². The van der Waals surface area contributed by atoms with Crippen LogP contribution in [-0.2, 0) is 11.8 Å². The van der Waals surface area contributed by atoms with E-state index in [4.69, 9.17) is 26.8 Å². The van der Waals surface area contributed by atoms with Crippen LogP contribution in [-0.4, -0.2) is 24.5 Å². The number of rotatable bonds is 3. The zero-order chi connectivity index (χ0) is 25.1. The quantitative estimate of drug-likeness (QED) is 0.253. The molecule has 0 saturated heterocycles. The van der Waals surface area contributed by atoms with E-state index in [1.54, 1.807) is 0 Å². The third-order valence-corrected chi connectivity index (χ3v) is 7.47. The lowest BCUT2D eigenvalue weighted by Crippen LogP contribution is -2.26. The molecule has 0 spiro atoms. The second-order valence-electron chi connectivity index (χ2n) is 10.2. The molecule has 6 heteroatoms. The summed E-state index contributed by atoms with van der Waals surface area (Å²) in [5, 5.41) is 11.6. The highest BCUT2D eigenvalue weighted by molar-refractivity contribution is 6.30. The van der Waals surface area contributed by atoms with Crippen LogP contribution >= 0.6 is 11.6 Å². The number of hydrogen-bond acceptors (Lipinski definition) is 3. The molecule has 7 rings (SSSR count). The van der Waals surface area contributed by atoms with Gasteiger partial charge in [0.2, 0.25) is 0 Å². The Hall–Kier alpha value is -4.22. The van der Waals surface area contributed by atoms with E-state index >= 15 is 0 Å². The lowest BCUT2D eigenvalue weighted by atomic mass is 9.74. The number of benzene rings is 3. The monoisotopic (exact) mass is 501 g/mol. The van der Waals surface area contributed by atoms with Gasteiger partial charge in [-0.1, -0.05) is 74.0 Å². The van der Waals surface area contributed by atoms with Gasteiger partial charge in [-0.05, 0) is 54.3 Å². The van der Waals surface area contributed by atoms with Gasteiger partial charge in [-0.2, -0.15) is 10.2 Å². The van der Waals surface area contributed by atoms with Crippen molar-refractivity contribution in [3.05, 3.63) is 113 Å². The van der Waals surface area contributed by atoms with E-state index < -0.39 is 0 Å². The van der Waals surface area contributed by atoms with Gasteiger partial charge in [0.25, 0.3) is 0 Å². The van der Waals surface area contributed by atoms with Crippen LogP contribution in [0.2, 0.25) is 5.02 Å². The van der Waals surface area contributed by atoms with Gasteiger partial charge in [0.1, 0.15) is 5.69 Å². The first-order chi connectivity index (χ1) is 18.0. The molecular weight excluding hydrogens is 478 g/mol. The van der Waals surface area contributed by atoms with E-state index in [1.807, 2.05) is 76.2 Å². The highest BCUT2D eigenvalue weighted by Gasteiger charge is 2.36. The summed E-state index contributed by atoms with van der Waals surface area (Å²) in [6.45, 7) is 4.54. The third kappa shape index (κ3) is 3.50. The van der Waals surface area contributed by atoms with Crippen molar-refractivity contribution in [2.24, 2.45) is 0 Å². The Bertz CT molecular complexity index is 1760. The number of para-hydroxylation sites is 2. The van der Waals surface area contributed by atoms with Crippen molar-refractivity contribution in [2.45, 2.75) is 25.7 Å². The summed E-state index contributed by atoms with van der Waals surface area (Å²) < 4.78 is 4.00. The van der Waals surface area contributed by atoms with Gasteiger partial charge in [-0.3, -0.25) is 0 Å². The van der Waals surface area contributed by atoms with Crippen LogP contribution in [0.4, 0.5) is 0 Å². The third-order valence-electron chi connectivity index (χ3n) is 7.22. The highest BCUT2D eigenvalue weighted by Crippen LogP contribution is 2.45. The second kappa shape index (κ2) is 8.15. The van der Waals surface area contributed by atoms with Crippen molar-refractivity contribution < 1.29 is 0 Å². The molecule has 3 aromatic carbocycles. The summed E-state index contributed by atoms with van der Waals surface area (Å²) in [6.07, 6.45) is 2.84. The molecule has 1 aliphatic rings. The average molecular weight is 502 g/mol. The number of halogens is 1. The maximum absolute atomic E-state index is 6.21. The molecule has 0 unspecified atom stereocenters. The molecule has 3 heterocycles. The van der Waals surface area contributed by atoms with Gasteiger partial charge in [0, 0.05) is 27.1 Å². The second-order valence-corrected chi connectivity index (χ2v) is 10.6. The largest absolute Gasteiger partial charge is 0.233 e. The molecular formula is C31H24ClN5. The number of aromatic nitrogens is 5. The van der Waals surface area contributed by atoms with Crippen LogP contribution < -0.4 is 0 Å². The van der Waals surface area contributed by atoms with Crippen molar-refractivity contribution in [3.63, 3.8) is 0 Å². The minimum atomic E-state index is -0.105. The maximum Gasteiger partial charge on any atom is 0.163 e. The van der Waals surface area contributed by atoms with Crippen molar-refractivity contribution in [1.82, 2.24) is 24.5 Å². The minimum Gasteiger partial charge on any atom is -0.233 e. The van der Waals surface area contributed by atoms with Crippen molar-refractivity contribution in [2.75, 3.05) is 0 Å². The summed E-state index contributed by atoms with van der Waals surface area (Å²) >= 11 is 6.21. The molecule has 0 N–H and O–H groups in total. The summed E-state index contributed by atoms with van der Waals surface area (Å²) in [4.78, 5) is 5.30. The highest BCUT2D eigenvalue weighted by atomic mass is 35.5. The predicted octanol–water partition coefficient (Wildman–Crippen LogP) is 7.43. The maximum atomic E-state index is 6.21. The first kappa shape index (κ1) is 22.0. The SMILES string of the molecule is CC1(C)Cc2nc3c(cc2-c2c1cnn2-c1ccccc1)c(-c1ccc(Cl)cc1)nn3-c1ccccc1. The Kier molecular flexibility index (Phi) is 4.85. The molecule has 3 aromatic heterocycles. The van der Waals surface area contributed by atoms with E-state index in [2.05, 4.69) is 44.2 Å². The molecule has 6 aromatic rings. The summed E-state index contributed by atoms with van der Waals surface area (Å²) in [5.74, 6) is 0. The molecule has 180 valence electrons. The zero-order valence-corrected chi connectivity index (χ0v) is 21.3. The normalized spacial score (nSPS) is 13.9. The average Bonchev–Trinajstić information content (AvgIpc) is 3.52. The fourth-order valence-electron chi connectivity index (χ4n) is 5.37. The first-order valence-corrected chi connectivity index (χ1v) is 12.8. The van der Waals surface area contributed by atoms with E-state index in [1.165, 1.54) is 5.56 Å². The number of fused-ring (bicyclic) bond motifs is 4. The molecule has 0 saturated carbocycles. The van der Waals surface area contributed by atoms with Crippen molar-refractivity contribution >= 4 is 22.6 Å². The van der Waals surface area contributed by atoms with Gasteiger partial charge in [0.05, 0.1) is 29.0 Å². The van der Waals surface area contributed by atoms with Gasteiger partial charge in [-0.25, -0.2) is 14.3 Å². The van der Waals surface area contributed by atoms with Crippen LogP contribution in [0.15, 0.2) is 97.2 Å². The van der Waals surface area contributed by atoms with Crippen LogP contribution in [0.5, 0.6) is 0 Å². The molecule has 0 bridgehead atoms. The summed E-state index contributed by atoms with van der Waals surface area (Å²) in [7, 11) is 0. The number of pyridine rings is 1. The van der Waals surface area contributed by atoms with Crippen LogP contribution in [0.3, 0.4) is 0 Å². The topological polar surface area (TPSA) is 48.5 Å². The predicted molar refractivity (Wildman–Crippen MR) is 149 cm³/mol. The molecule has 5 nitrogen and oxygen atoms in total. The fraction of sp³-hybridized carbons (Fsp3) is 0.129. The van der Waals surface area contributed by atoms with Gasteiger partial charge in [0.15, 0.2) is 5.65 Å². The Balaban J connectivity index is 1.54. The molecule has 0 amide bonds. The van der Waals surface area contributed by atoms with Crippen molar-refractivity contribution in [3.8, 4) is 33.9 Å². The summed E-state index contributed by atoms with van der Waals surface area (Å²) in [6, 6.07) is 30.6. The lowest BCUT2D eigenvalue weighted by Gasteiger charge is -2.31. The van der Waals surface area contributed by atoms with E-state index in [-0.39, 0.29) is 5.41 Å². The lowest BCUT2D eigenvalue weighted by molar-refractivity contribution is 0.510. The molecule has 37 heavy (non-hydrogen) atoms. The fourth-order valence-corrected chi connectivity index (χ4v) is 5.50. The van der Waals surface area contributed by atoms with E-state index in [9.17, 15) is 0 Å². The van der Waals surface area contributed by atoms with Gasteiger partial charge in [-0.15, -0.1) is 0 Å². The van der Waals surface area contributed by atoms with E-state index in [0.717, 1.165) is 57.0 Å². The van der Waals surface area contributed by atoms with Crippen LogP contribution in [0, 0.1) is 0 Å². The minimum absolute atomic E-state index is 0.105. The van der Waals surface area contributed by atoms with Crippen LogP contribution in [0.25, 0.3) is 44.9 Å². The number of nitrogens with zero attached hydrogens (tertiary/aromatic N) is 5. The molecule has 1 aliphatic carbocycles. The van der Waals surface area contributed by atoms with Gasteiger partial charge >= 0.3 is 0 Å². The molecule has 0 radical (unpaired) electrons. The van der Waals surface area contributed by atoms with Gasteiger partial charge < -0.3 is 0 Å². The number of hydrogen-bond donors (Lipinski definition) is 0. The molecule has 0 fully saturated rings. The molecule has 0 atom stereocenters.